The minimum Gasteiger partial charge on any atom is -0.495 e. The Hall–Kier alpha value is -0.750. The molecule has 0 aliphatic heterocycles. The van der Waals surface area contributed by atoms with Crippen LogP contribution in [0, 0.1) is 0 Å². The maximum absolute atomic E-state index is 12.8. The van der Waals surface area contributed by atoms with Crippen LogP contribution in [0.15, 0.2) is 16.6 Å². The Morgan fingerprint density at radius 2 is 2.00 bits per heavy atom. The minimum atomic E-state index is -4.48. The monoisotopic (exact) mass is 312 g/mol. The maximum Gasteiger partial charge on any atom is 0.420 e. The number of methoxy groups -OCH3 is 1. The van der Waals surface area contributed by atoms with Crippen molar-refractivity contribution in [2.45, 2.75) is 25.6 Å². The van der Waals surface area contributed by atoms with Crippen LogP contribution < -0.4 is 4.74 Å². The first-order chi connectivity index (χ1) is 7.75. The standard InChI is InChI=1S/C11H12BrF3O2/c1-6(16)3-7-4-8(11(13,14)15)10(17-2)9(12)5-7/h4-6,16H,3H2,1-2H3. The molecular weight excluding hydrogens is 301 g/mol. The molecule has 0 aromatic heterocycles. The van der Waals surface area contributed by atoms with E-state index in [-0.39, 0.29) is 16.6 Å². The van der Waals surface area contributed by atoms with E-state index in [4.69, 9.17) is 4.74 Å². The van der Waals surface area contributed by atoms with Crippen LogP contribution in [-0.4, -0.2) is 18.3 Å². The molecule has 0 saturated carbocycles. The molecule has 0 aliphatic rings. The van der Waals surface area contributed by atoms with Crippen molar-refractivity contribution in [1.82, 2.24) is 0 Å². The zero-order valence-electron chi connectivity index (χ0n) is 9.31. The first-order valence-corrected chi connectivity index (χ1v) is 5.66. The first kappa shape index (κ1) is 14.3. The zero-order valence-corrected chi connectivity index (χ0v) is 10.9. The van der Waals surface area contributed by atoms with Crippen molar-refractivity contribution in [3.8, 4) is 5.75 Å². The Labute approximate surface area is 106 Å². The van der Waals surface area contributed by atoms with Crippen molar-refractivity contribution in [3.63, 3.8) is 0 Å². The summed E-state index contributed by atoms with van der Waals surface area (Å²) in [5.41, 5.74) is -0.440. The van der Waals surface area contributed by atoms with Gasteiger partial charge in [-0.25, -0.2) is 0 Å². The summed E-state index contributed by atoms with van der Waals surface area (Å²) < 4.78 is 43.3. The van der Waals surface area contributed by atoms with Gasteiger partial charge in [0.15, 0.2) is 0 Å². The van der Waals surface area contributed by atoms with Gasteiger partial charge in [0.05, 0.1) is 23.2 Å². The molecule has 0 saturated heterocycles. The van der Waals surface area contributed by atoms with Gasteiger partial charge in [-0.2, -0.15) is 13.2 Å². The summed E-state index contributed by atoms with van der Waals surface area (Å²) in [6.07, 6.45) is -5.02. The van der Waals surface area contributed by atoms with Crippen LogP contribution in [0.5, 0.6) is 5.75 Å². The average molecular weight is 313 g/mol. The third-order valence-corrected chi connectivity index (χ3v) is 2.73. The first-order valence-electron chi connectivity index (χ1n) is 4.87. The van der Waals surface area contributed by atoms with E-state index in [0.717, 1.165) is 6.07 Å². The number of alkyl halides is 3. The van der Waals surface area contributed by atoms with Gasteiger partial charge in [0.2, 0.25) is 0 Å². The molecule has 96 valence electrons. The van der Waals surface area contributed by atoms with Crippen LogP contribution in [0.25, 0.3) is 0 Å². The average Bonchev–Trinajstić information content (AvgIpc) is 2.14. The molecule has 2 nitrogen and oxygen atoms in total. The van der Waals surface area contributed by atoms with E-state index in [1.165, 1.54) is 20.1 Å². The van der Waals surface area contributed by atoms with Crippen LogP contribution in [0.4, 0.5) is 13.2 Å². The van der Waals surface area contributed by atoms with Gasteiger partial charge >= 0.3 is 6.18 Å². The van der Waals surface area contributed by atoms with Gasteiger partial charge in [-0.15, -0.1) is 0 Å². The molecule has 1 N–H and O–H groups in total. The van der Waals surface area contributed by atoms with Gasteiger partial charge in [-0.3, -0.25) is 0 Å². The summed E-state index contributed by atoms with van der Waals surface area (Å²) in [7, 11) is 1.18. The van der Waals surface area contributed by atoms with E-state index in [2.05, 4.69) is 15.9 Å². The molecule has 0 heterocycles. The molecule has 0 spiro atoms. The molecule has 0 radical (unpaired) electrons. The number of hydrogen-bond acceptors (Lipinski definition) is 2. The fourth-order valence-corrected chi connectivity index (χ4v) is 2.20. The molecule has 0 amide bonds. The molecule has 0 fully saturated rings. The Morgan fingerprint density at radius 1 is 1.41 bits per heavy atom. The Morgan fingerprint density at radius 3 is 2.41 bits per heavy atom. The smallest absolute Gasteiger partial charge is 0.420 e. The highest BCUT2D eigenvalue weighted by molar-refractivity contribution is 9.10. The van der Waals surface area contributed by atoms with E-state index in [9.17, 15) is 18.3 Å². The van der Waals surface area contributed by atoms with Crippen molar-refractivity contribution >= 4 is 15.9 Å². The molecule has 0 bridgehead atoms. The van der Waals surface area contributed by atoms with Crippen molar-refractivity contribution in [3.05, 3.63) is 27.7 Å². The number of hydrogen-bond donors (Lipinski definition) is 1. The summed E-state index contributed by atoms with van der Waals surface area (Å²) in [6.45, 7) is 1.52. The quantitative estimate of drug-likeness (QED) is 0.927. The minimum absolute atomic E-state index is 0.158. The largest absolute Gasteiger partial charge is 0.495 e. The number of rotatable bonds is 3. The van der Waals surface area contributed by atoms with Crippen LogP contribution in [0.3, 0.4) is 0 Å². The normalized spacial score (nSPS) is 13.6. The Balaban J connectivity index is 3.29. The van der Waals surface area contributed by atoms with Crippen molar-refractivity contribution in [2.24, 2.45) is 0 Å². The van der Waals surface area contributed by atoms with E-state index >= 15 is 0 Å². The molecule has 1 unspecified atom stereocenters. The lowest BCUT2D eigenvalue weighted by atomic mass is 10.0. The summed E-state index contributed by atoms with van der Waals surface area (Å²) in [5, 5.41) is 9.19. The van der Waals surface area contributed by atoms with Crippen molar-refractivity contribution in [2.75, 3.05) is 7.11 Å². The van der Waals surface area contributed by atoms with Crippen LogP contribution in [0.1, 0.15) is 18.1 Å². The van der Waals surface area contributed by atoms with Gasteiger partial charge in [0, 0.05) is 0 Å². The van der Waals surface area contributed by atoms with E-state index in [0.29, 0.717) is 5.56 Å². The van der Waals surface area contributed by atoms with Crippen LogP contribution in [-0.2, 0) is 12.6 Å². The van der Waals surface area contributed by atoms with Gasteiger partial charge in [0.1, 0.15) is 5.75 Å². The molecule has 0 aliphatic carbocycles. The molecule has 1 aromatic rings. The fraction of sp³-hybridized carbons (Fsp3) is 0.455. The van der Waals surface area contributed by atoms with Crippen LogP contribution in [0.2, 0.25) is 0 Å². The number of aliphatic hydroxyl groups is 1. The SMILES string of the molecule is COc1c(Br)cc(CC(C)O)cc1C(F)(F)F. The summed E-state index contributed by atoms with van der Waals surface area (Å²) in [5.74, 6) is -0.244. The van der Waals surface area contributed by atoms with E-state index in [1.807, 2.05) is 0 Å². The second kappa shape index (κ2) is 5.27. The second-order valence-corrected chi connectivity index (χ2v) is 4.56. The molecule has 1 rings (SSSR count). The zero-order chi connectivity index (χ0) is 13.2. The van der Waals surface area contributed by atoms with Gasteiger partial charge in [-0.05, 0) is 47.0 Å². The third kappa shape index (κ3) is 3.61. The number of aliphatic hydroxyl groups excluding tert-OH is 1. The summed E-state index contributed by atoms with van der Waals surface area (Å²) >= 11 is 3.03. The van der Waals surface area contributed by atoms with Crippen molar-refractivity contribution in [1.29, 1.82) is 0 Å². The Kier molecular flexibility index (Phi) is 4.43. The molecule has 1 aromatic carbocycles. The lowest BCUT2D eigenvalue weighted by Gasteiger charge is -2.16. The lowest BCUT2D eigenvalue weighted by Crippen LogP contribution is -2.11. The van der Waals surface area contributed by atoms with Crippen molar-refractivity contribution < 1.29 is 23.0 Å². The fourth-order valence-electron chi connectivity index (χ4n) is 1.53. The van der Waals surface area contributed by atoms with Gasteiger partial charge < -0.3 is 9.84 Å². The highest BCUT2D eigenvalue weighted by Gasteiger charge is 2.35. The molecular formula is C11H12BrF3O2. The maximum atomic E-state index is 12.8. The predicted octanol–water partition coefficient (Wildman–Crippen LogP) is 3.40. The Bertz CT molecular complexity index is 402. The summed E-state index contributed by atoms with van der Waals surface area (Å²) in [6, 6.07) is 2.51. The molecule has 1 atom stereocenters. The number of halogens is 4. The lowest BCUT2D eigenvalue weighted by molar-refractivity contribution is -0.138. The van der Waals surface area contributed by atoms with E-state index < -0.39 is 17.8 Å². The highest BCUT2D eigenvalue weighted by Crippen LogP contribution is 2.41. The predicted molar refractivity (Wildman–Crippen MR) is 61.1 cm³/mol. The van der Waals surface area contributed by atoms with Crippen LogP contribution >= 0.6 is 15.9 Å². The van der Waals surface area contributed by atoms with Gasteiger partial charge in [-0.1, -0.05) is 0 Å². The van der Waals surface area contributed by atoms with E-state index in [1.54, 1.807) is 0 Å². The van der Waals surface area contributed by atoms with Gasteiger partial charge in [0.25, 0.3) is 0 Å². The summed E-state index contributed by atoms with van der Waals surface area (Å²) in [4.78, 5) is 0. The number of ether oxygens (including phenoxy) is 1. The number of benzene rings is 1. The second-order valence-electron chi connectivity index (χ2n) is 3.71. The third-order valence-electron chi connectivity index (χ3n) is 2.14. The molecule has 17 heavy (non-hydrogen) atoms. The molecule has 6 heteroatoms. The highest BCUT2D eigenvalue weighted by atomic mass is 79.9. The topological polar surface area (TPSA) is 29.5 Å².